The van der Waals surface area contributed by atoms with Gasteiger partial charge < -0.3 is 10.0 Å². The molecule has 4 rings (SSSR count). The Hall–Kier alpha value is -1.32. The monoisotopic (exact) mass is 252 g/mol. The molecule has 0 saturated carbocycles. The number of hydrogen-bond donors (Lipinski definition) is 2. The first-order valence-corrected chi connectivity index (χ1v) is 7.21. The van der Waals surface area contributed by atoms with Crippen LogP contribution in [0.3, 0.4) is 0 Å². The Morgan fingerprint density at radius 1 is 0.789 bits per heavy atom. The lowest BCUT2D eigenvalue weighted by Crippen LogP contribution is -2.35. The summed E-state index contributed by atoms with van der Waals surface area (Å²) in [5.41, 5.74) is 6.07. The quantitative estimate of drug-likeness (QED) is 0.755. The third kappa shape index (κ3) is 1.58. The molecule has 0 heterocycles. The molecule has 0 unspecified atom stereocenters. The third-order valence-corrected chi connectivity index (χ3v) is 4.72. The second-order valence-electron chi connectivity index (χ2n) is 5.82. The highest BCUT2D eigenvalue weighted by molar-refractivity contribution is 6.59. The van der Waals surface area contributed by atoms with Gasteiger partial charge in [-0.2, -0.15) is 0 Å². The molecule has 2 aliphatic carbocycles. The van der Waals surface area contributed by atoms with E-state index in [0.717, 1.165) is 37.6 Å². The van der Waals surface area contributed by atoms with Crippen LogP contribution in [0, 0.1) is 0 Å². The van der Waals surface area contributed by atoms with E-state index in [0.29, 0.717) is 0 Å². The zero-order valence-corrected chi connectivity index (χ0v) is 10.9. The molecule has 0 atom stereocenters. The van der Waals surface area contributed by atoms with Crippen molar-refractivity contribution < 1.29 is 10.0 Å². The maximum absolute atomic E-state index is 9.67. The predicted octanol–water partition coefficient (Wildman–Crippen LogP) is 1.50. The molecule has 2 nitrogen and oxygen atoms in total. The molecule has 19 heavy (non-hydrogen) atoms. The van der Waals surface area contributed by atoms with Gasteiger partial charge in [-0.25, -0.2) is 0 Å². The van der Waals surface area contributed by atoms with E-state index in [4.69, 9.17) is 0 Å². The Balaban J connectivity index is 2.17. The van der Waals surface area contributed by atoms with Gasteiger partial charge in [-0.3, -0.25) is 0 Å². The van der Waals surface area contributed by atoms with Crippen LogP contribution in [0.25, 0.3) is 10.8 Å². The number of rotatable bonds is 1. The lowest BCUT2D eigenvalue weighted by atomic mass is 9.69. The lowest BCUT2D eigenvalue weighted by molar-refractivity contribution is 0.425. The minimum absolute atomic E-state index is 0.738. The molecule has 2 aliphatic rings. The summed E-state index contributed by atoms with van der Waals surface area (Å²) in [5.74, 6) is 0. The Morgan fingerprint density at radius 3 is 2.16 bits per heavy atom. The molecule has 3 heteroatoms. The largest absolute Gasteiger partial charge is 0.488 e. The van der Waals surface area contributed by atoms with E-state index in [1.807, 2.05) is 6.07 Å². The fraction of sp³-hybridized carbons (Fsp3) is 0.375. The second-order valence-corrected chi connectivity index (χ2v) is 5.82. The molecule has 0 spiro atoms. The third-order valence-electron chi connectivity index (χ3n) is 4.72. The first-order valence-electron chi connectivity index (χ1n) is 7.21. The van der Waals surface area contributed by atoms with Gasteiger partial charge in [-0.05, 0) is 77.0 Å². The van der Waals surface area contributed by atoms with Crippen LogP contribution in [0.1, 0.15) is 35.1 Å². The van der Waals surface area contributed by atoms with Gasteiger partial charge in [0.2, 0.25) is 0 Å². The summed E-state index contributed by atoms with van der Waals surface area (Å²) in [4.78, 5) is 0. The van der Waals surface area contributed by atoms with Crippen LogP contribution in [-0.2, 0) is 25.7 Å². The zero-order chi connectivity index (χ0) is 13.0. The fourth-order valence-corrected chi connectivity index (χ4v) is 3.93. The van der Waals surface area contributed by atoms with E-state index in [9.17, 15) is 10.0 Å². The standard InChI is InChI=1S/C16H17BO2/c18-17(19)14-9-12-5-1-3-10-7-8-11-4-2-6-13(14)16(11)15(10)12/h7-9,18-19H,1-6H2. The minimum atomic E-state index is -1.34. The van der Waals surface area contributed by atoms with E-state index in [1.165, 1.54) is 39.4 Å². The highest BCUT2D eigenvalue weighted by atomic mass is 16.4. The van der Waals surface area contributed by atoms with E-state index >= 15 is 0 Å². The maximum Gasteiger partial charge on any atom is 0.488 e. The van der Waals surface area contributed by atoms with E-state index in [1.54, 1.807) is 0 Å². The molecule has 0 fully saturated rings. The van der Waals surface area contributed by atoms with Crippen molar-refractivity contribution in [1.29, 1.82) is 0 Å². The normalized spacial score (nSPS) is 16.7. The summed E-state index contributed by atoms with van der Waals surface area (Å²) < 4.78 is 0. The summed E-state index contributed by atoms with van der Waals surface area (Å²) in [6.45, 7) is 0. The van der Waals surface area contributed by atoms with Gasteiger partial charge in [-0.1, -0.05) is 18.2 Å². The van der Waals surface area contributed by atoms with E-state index in [2.05, 4.69) is 12.1 Å². The van der Waals surface area contributed by atoms with Gasteiger partial charge in [0.1, 0.15) is 0 Å². The van der Waals surface area contributed by atoms with E-state index in [-0.39, 0.29) is 0 Å². The Kier molecular flexibility index (Phi) is 2.48. The highest BCUT2D eigenvalue weighted by Crippen LogP contribution is 2.36. The fourth-order valence-electron chi connectivity index (χ4n) is 3.93. The SMILES string of the molecule is OB(O)c1cc2c3c(ccc4c3c1CCC4)CCC2. The van der Waals surface area contributed by atoms with Crippen molar-refractivity contribution in [2.24, 2.45) is 0 Å². The first-order chi connectivity index (χ1) is 9.25. The molecule has 0 aliphatic heterocycles. The van der Waals surface area contributed by atoms with Gasteiger partial charge in [0.25, 0.3) is 0 Å². The van der Waals surface area contributed by atoms with Crippen LogP contribution in [-0.4, -0.2) is 17.2 Å². The molecule has 2 aromatic carbocycles. The average molecular weight is 252 g/mol. The van der Waals surface area contributed by atoms with Crippen molar-refractivity contribution in [2.75, 3.05) is 0 Å². The van der Waals surface area contributed by atoms with Crippen LogP contribution in [0.4, 0.5) is 0 Å². The molecule has 96 valence electrons. The smallest absolute Gasteiger partial charge is 0.423 e. The van der Waals surface area contributed by atoms with Crippen LogP contribution >= 0.6 is 0 Å². The van der Waals surface area contributed by atoms with Crippen molar-refractivity contribution in [3.63, 3.8) is 0 Å². The van der Waals surface area contributed by atoms with Crippen molar-refractivity contribution in [3.05, 3.63) is 40.5 Å². The minimum Gasteiger partial charge on any atom is -0.423 e. The summed E-state index contributed by atoms with van der Waals surface area (Å²) >= 11 is 0. The summed E-state index contributed by atoms with van der Waals surface area (Å²) in [5, 5.41) is 22.1. The molecule has 2 N–H and O–H groups in total. The molecular weight excluding hydrogens is 235 g/mol. The van der Waals surface area contributed by atoms with Crippen molar-refractivity contribution in [1.82, 2.24) is 0 Å². The second kappa shape index (κ2) is 4.09. The summed E-state index contributed by atoms with van der Waals surface area (Å²) in [6, 6.07) is 6.58. The predicted molar refractivity (Wildman–Crippen MR) is 77.8 cm³/mol. The van der Waals surface area contributed by atoms with Crippen LogP contribution in [0.5, 0.6) is 0 Å². The molecule has 0 amide bonds. The topological polar surface area (TPSA) is 40.5 Å². The number of benzene rings is 2. The lowest BCUT2D eigenvalue weighted by Gasteiger charge is -2.26. The van der Waals surface area contributed by atoms with Gasteiger partial charge in [0, 0.05) is 0 Å². The first kappa shape index (κ1) is 11.5. The van der Waals surface area contributed by atoms with Crippen LogP contribution in [0.15, 0.2) is 18.2 Å². The Labute approximate surface area is 113 Å². The highest BCUT2D eigenvalue weighted by Gasteiger charge is 2.26. The average Bonchev–Trinajstić information content (AvgIpc) is 2.44. The summed E-state index contributed by atoms with van der Waals surface area (Å²) in [7, 11) is -1.34. The number of aryl methyl sites for hydroxylation is 4. The Bertz CT molecular complexity index is 676. The maximum atomic E-state index is 9.67. The van der Waals surface area contributed by atoms with E-state index < -0.39 is 7.12 Å². The van der Waals surface area contributed by atoms with Crippen molar-refractivity contribution >= 4 is 23.4 Å². The summed E-state index contributed by atoms with van der Waals surface area (Å²) in [6.07, 6.45) is 6.59. The van der Waals surface area contributed by atoms with Gasteiger partial charge in [-0.15, -0.1) is 0 Å². The molecular formula is C16H17BO2. The van der Waals surface area contributed by atoms with Gasteiger partial charge in [0.15, 0.2) is 0 Å². The van der Waals surface area contributed by atoms with Crippen LogP contribution in [0.2, 0.25) is 0 Å². The van der Waals surface area contributed by atoms with Crippen LogP contribution < -0.4 is 5.46 Å². The Morgan fingerprint density at radius 2 is 1.42 bits per heavy atom. The zero-order valence-electron chi connectivity index (χ0n) is 10.9. The molecule has 0 radical (unpaired) electrons. The molecule has 0 bridgehead atoms. The molecule has 2 aromatic rings. The molecule has 0 saturated heterocycles. The number of hydrogen-bond acceptors (Lipinski definition) is 2. The van der Waals surface area contributed by atoms with Crippen molar-refractivity contribution in [2.45, 2.75) is 38.5 Å². The molecule has 0 aromatic heterocycles. The van der Waals surface area contributed by atoms with Gasteiger partial charge in [0.05, 0.1) is 0 Å². The van der Waals surface area contributed by atoms with Crippen molar-refractivity contribution in [3.8, 4) is 0 Å². The van der Waals surface area contributed by atoms with Gasteiger partial charge >= 0.3 is 7.12 Å².